The van der Waals surface area contributed by atoms with E-state index in [1.807, 2.05) is 48.7 Å². The Hall–Kier alpha value is -2.88. The van der Waals surface area contributed by atoms with Crippen LogP contribution >= 0.6 is 15.9 Å². The molecule has 34 heavy (non-hydrogen) atoms. The molecule has 0 N–H and O–H groups in total. The van der Waals surface area contributed by atoms with Crippen molar-refractivity contribution in [2.45, 2.75) is 11.4 Å². The average Bonchev–Trinajstić information content (AvgIpc) is 3.24. The fourth-order valence-electron chi connectivity index (χ4n) is 4.38. The van der Waals surface area contributed by atoms with Crippen molar-refractivity contribution < 1.29 is 13.2 Å². The van der Waals surface area contributed by atoms with E-state index in [-0.39, 0.29) is 4.90 Å². The summed E-state index contributed by atoms with van der Waals surface area (Å²) in [7, 11) is -2.25. The van der Waals surface area contributed by atoms with E-state index in [1.54, 1.807) is 31.5 Å². The van der Waals surface area contributed by atoms with Crippen molar-refractivity contribution in [2.24, 2.45) is 0 Å². The third-order valence-electron chi connectivity index (χ3n) is 6.18. The zero-order valence-corrected chi connectivity index (χ0v) is 21.2. The van der Waals surface area contributed by atoms with Crippen LogP contribution in [0.2, 0.25) is 0 Å². The van der Waals surface area contributed by atoms with Crippen LogP contribution in [-0.4, -0.2) is 55.6 Å². The number of methoxy groups -OCH3 is 1. The van der Waals surface area contributed by atoms with Gasteiger partial charge in [-0.25, -0.2) is 17.4 Å². The van der Waals surface area contributed by atoms with Gasteiger partial charge >= 0.3 is 0 Å². The normalized spacial score (nSPS) is 15.1. The van der Waals surface area contributed by atoms with Crippen LogP contribution in [0.25, 0.3) is 10.9 Å². The molecule has 4 aromatic rings. The van der Waals surface area contributed by atoms with E-state index in [0.717, 1.165) is 42.9 Å². The maximum Gasteiger partial charge on any atom is 0.269 e. The van der Waals surface area contributed by atoms with Gasteiger partial charge in [0.05, 0.1) is 12.6 Å². The highest BCUT2D eigenvalue weighted by Crippen LogP contribution is 2.32. The molecule has 5 rings (SSSR count). The van der Waals surface area contributed by atoms with E-state index >= 15 is 0 Å². The quantitative estimate of drug-likeness (QED) is 0.361. The number of hydrogen-bond donors (Lipinski definition) is 0. The summed E-state index contributed by atoms with van der Waals surface area (Å²) in [5.41, 5.74) is 1.67. The molecule has 0 spiro atoms. The largest absolute Gasteiger partial charge is 0.497 e. The maximum atomic E-state index is 13.6. The maximum absolute atomic E-state index is 13.6. The Morgan fingerprint density at radius 1 is 1.00 bits per heavy atom. The monoisotopic (exact) mass is 540 g/mol. The zero-order valence-electron chi connectivity index (χ0n) is 18.8. The van der Waals surface area contributed by atoms with Gasteiger partial charge in [0.15, 0.2) is 0 Å². The Kier molecular flexibility index (Phi) is 6.33. The lowest BCUT2D eigenvalue weighted by Crippen LogP contribution is -2.46. The molecule has 0 atom stereocenters. The number of nitrogens with zero attached hydrogens (tertiary/aromatic N) is 4. The molecule has 176 valence electrons. The number of halogens is 1. The fourth-order valence-corrected chi connectivity index (χ4v) is 6.80. The lowest BCUT2D eigenvalue weighted by Gasteiger charge is -2.35. The third-order valence-corrected chi connectivity index (χ3v) is 8.83. The molecule has 9 heteroatoms. The van der Waals surface area contributed by atoms with Crippen molar-refractivity contribution in [3.63, 3.8) is 0 Å². The van der Waals surface area contributed by atoms with E-state index in [2.05, 4.69) is 30.7 Å². The van der Waals surface area contributed by atoms with Gasteiger partial charge in [0.1, 0.15) is 16.5 Å². The van der Waals surface area contributed by atoms with Crippen molar-refractivity contribution in [1.82, 2.24) is 13.9 Å². The lowest BCUT2D eigenvalue weighted by molar-refractivity contribution is 0.250. The molecule has 0 amide bonds. The first-order valence-corrected chi connectivity index (χ1v) is 13.3. The molecule has 0 bridgehead atoms. The Morgan fingerprint density at radius 3 is 2.47 bits per heavy atom. The predicted octanol–water partition coefficient (Wildman–Crippen LogP) is 4.37. The molecular formula is C25H25BrN4O3S. The van der Waals surface area contributed by atoms with Crippen LogP contribution in [0.4, 0.5) is 5.82 Å². The first-order valence-electron chi connectivity index (χ1n) is 11.0. The summed E-state index contributed by atoms with van der Waals surface area (Å²) in [6, 6.07) is 18.5. The van der Waals surface area contributed by atoms with Gasteiger partial charge in [-0.2, -0.15) is 0 Å². The van der Waals surface area contributed by atoms with Gasteiger partial charge in [0, 0.05) is 55.0 Å². The van der Waals surface area contributed by atoms with Gasteiger partial charge in [-0.05, 0) is 57.9 Å². The van der Waals surface area contributed by atoms with Crippen LogP contribution in [0.3, 0.4) is 0 Å². The van der Waals surface area contributed by atoms with Crippen molar-refractivity contribution in [3.8, 4) is 5.75 Å². The molecule has 1 fully saturated rings. The average molecular weight is 541 g/mol. The van der Waals surface area contributed by atoms with Crippen LogP contribution in [0.15, 0.2) is 82.4 Å². The number of aromatic nitrogens is 2. The van der Waals surface area contributed by atoms with Gasteiger partial charge in [0.2, 0.25) is 0 Å². The number of rotatable bonds is 6. The smallest absolute Gasteiger partial charge is 0.269 e. The number of para-hydroxylation sites is 1. The summed E-state index contributed by atoms with van der Waals surface area (Å²) < 4.78 is 34.4. The summed E-state index contributed by atoms with van der Waals surface area (Å²) in [5, 5.41) is 0.947. The number of hydrogen-bond acceptors (Lipinski definition) is 6. The SMILES string of the molecule is COc1ccc(S(=O)(=O)n2cc(CN3CCN(c4ccccn4)CC3)c3ccccc32)c(Br)c1. The molecule has 2 aromatic heterocycles. The molecule has 0 unspecified atom stereocenters. The Morgan fingerprint density at radius 2 is 1.76 bits per heavy atom. The Balaban J connectivity index is 1.42. The van der Waals surface area contributed by atoms with E-state index < -0.39 is 10.0 Å². The standard InChI is InChI=1S/C25H25BrN4O3S/c1-33-20-9-10-24(22(26)16-20)34(31,32)30-18-19(21-6-2-3-7-23(21)30)17-28-12-14-29(15-13-28)25-8-4-5-11-27-25/h2-11,16,18H,12-15,17H2,1H3. The second-order valence-corrected chi connectivity index (χ2v) is 10.9. The third kappa shape index (κ3) is 4.31. The molecule has 0 saturated carbocycles. The van der Waals surface area contributed by atoms with E-state index in [1.165, 1.54) is 3.97 Å². The van der Waals surface area contributed by atoms with Crippen LogP contribution in [0, 0.1) is 0 Å². The summed E-state index contributed by atoms with van der Waals surface area (Å²) in [5.74, 6) is 1.59. The van der Waals surface area contributed by atoms with Crippen LogP contribution < -0.4 is 9.64 Å². The first-order chi connectivity index (χ1) is 16.5. The highest BCUT2D eigenvalue weighted by Gasteiger charge is 2.25. The van der Waals surface area contributed by atoms with E-state index in [4.69, 9.17) is 4.74 Å². The van der Waals surface area contributed by atoms with Crippen molar-refractivity contribution in [3.05, 3.63) is 83.1 Å². The number of piperazine rings is 1. The van der Waals surface area contributed by atoms with Crippen molar-refractivity contribution in [1.29, 1.82) is 0 Å². The second kappa shape index (κ2) is 9.40. The molecule has 0 aliphatic carbocycles. The minimum absolute atomic E-state index is 0.199. The Labute approximate surface area is 207 Å². The molecule has 1 aliphatic rings. The summed E-state index contributed by atoms with van der Waals surface area (Å²) >= 11 is 3.41. The molecule has 0 radical (unpaired) electrons. The van der Waals surface area contributed by atoms with Crippen LogP contribution in [0.1, 0.15) is 5.56 Å². The van der Waals surface area contributed by atoms with Crippen LogP contribution in [0.5, 0.6) is 5.75 Å². The van der Waals surface area contributed by atoms with Gasteiger partial charge < -0.3 is 9.64 Å². The van der Waals surface area contributed by atoms with Gasteiger partial charge in [0.25, 0.3) is 10.0 Å². The molecule has 1 aliphatic heterocycles. The lowest BCUT2D eigenvalue weighted by atomic mass is 10.1. The van der Waals surface area contributed by atoms with Crippen molar-refractivity contribution in [2.75, 3.05) is 38.2 Å². The molecule has 3 heterocycles. The first kappa shape index (κ1) is 22.9. The minimum Gasteiger partial charge on any atom is -0.497 e. The van der Waals surface area contributed by atoms with Crippen molar-refractivity contribution >= 4 is 42.7 Å². The number of anilines is 1. The predicted molar refractivity (Wildman–Crippen MR) is 137 cm³/mol. The number of pyridine rings is 1. The highest BCUT2D eigenvalue weighted by atomic mass is 79.9. The second-order valence-electron chi connectivity index (χ2n) is 8.22. The van der Waals surface area contributed by atoms with E-state index in [0.29, 0.717) is 22.3 Å². The number of fused-ring (bicyclic) bond motifs is 1. The van der Waals surface area contributed by atoms with Gasteiger partial charge in [-0.3, -0.25) is 4.90 Å². The fraction of sp³-hybridized carbons (Fsp3) is 0.240. The highest BCUT2D eigenvalue weighted by molar-refractivity contribution is 9.10. The molecule has 2 aromatic carbocycles. The van der Waals surface area contributed by atoms with Gasteiger partial charge in [-0.15, -0.1) is 0 Å². The summed E-state index contributed by atoms with van der Waals surface area (Å²) in [6.07, 6.45) is 3.58. The van der Waals surface area contributed by atoms with Crippen LogP contribution in [-0.2, 0) is 16.6 Å². The number of benzene rings is 2. The summed E-state index contributed by atoms with van der Waals surface area (Å²) in [6.45, 7) is 4.21. The molecule has 1 saturated heterocycles. The van der Waals surface area contributed by atoms with Gasteiger partial charge in [-0.1, -0.05) is 24.3 Å². The molecular weight excluding hydrogens is 516 g/mol. The zero-order chi connectivity index (χ0) is 23.7. The van der Waals surface area contributed by atoms with E-state index in [9.17, 15) is 8.42 Å². The molecule has 7 nitrogen and oxygen atoms in total. The summed E-state index contributed by atoms with van der Waals surface area (Å²) in [4.78, 5) is 9.30. The number of ether oxygens (including phenoxy) is 1. The Bertz CT molecular complexity index is 1410. The topological polar surface area (TPSA) is 67.7 Å². The minimum atomic E-state index is -3.81.